The zero-order valence-corrected chi connectivity index (χ0v) is 7.07. The molecule has 0 aliphatic heterocycles. The summed E-state index contributed by atoms with van der Waals surface area (Å²) >= 11 is 0. The fourth-order valence-corrected chi connectivity index (χ4v) is 3.60. The van der Waals surface area contributed by atoms with Crippen LogP contribution in [0.25, 0.3) is 0 Å². The molecule has 1 N–H and O–H groups in total. The first-order valence-electron chi connectivity index (χ1n) is 4.97. The van der Waals surface area contributed by atoms with Gasteiger partial charge in [0.2, 0.25) is 0 Å². The summed E-state index contributed by atoms with van der Waals surface area (Å²) in [6.45, 7) is 0. The van der Waals surface area contributed by atoms with Gasteiger partial charge in [0.05, 0.1) is 6.10 Å². The molecule has 2 nitrogen and oxygen atoms in total. The maximum atomic E-state index is 11.6. The van der Waals surface area contributed by atoms with Gasteiger partial charge in [-0.05, 0) is 37.5 Å². The Hall–Kier alpha value is -0.370. The van der Waals surface area contributed by atoms with E-state index in [9.17, 15) is 9.90 Å². The number of aliphatic hydroxyl groups is 1. The Kier molecular flexibility index (Phi) is 1.24. The fourth-order valence-electron chi connectivity index (χ4n) is 3.60. The Morgan fingerprint density at radius 1 is 1.17 bits per heavy atom. The van der Waals surface area contributed by atoms with Crippen LogP contribution >= 0.6 is 0 Å². The van der Waals surface area contributed by atoms with Crippen molar-refractivity contribution in [2.24, 2.45) is 23.7 Å². The third kappa shape index (κ3) is 0.717. The maximum Gasteiger partial charge on any atom is 0.141 e. The summed E-state index contributed by atoms with van der Waals surface area (Å²) < 4.78 is 0. The van der Waals surface area contributed by atoms with Crippen LogP contribution in [0.5, 0.6) is 0 Å². The van der Waals surface area contributed by atoms with Gasteiger partial charge in [-0.1, -0.05) is 0 Å². The van der Waals surface area contributed by atoms with Gasteiger partial charge < -0.3 is 5.11 Å². The van der Waals surface area contributed by atoms with Crippen molar-refractivity contribution in [3.8, 4) is 0 Å². The smallest absolute Gasteiger partial charge is 0.141 e. The van der Waals surface area contributed by atoms with Crippen LogP contribution in [0.2, 0.25) is 0 Å². The molecule has 0 radical (unpaired) electrons. The lowest BCUT2D eigenvalue weighted by molar-refractivity contribution is -0.154. The van der Waals surface area contributed by atoms with Crippen LogP contribution in [0.1, 0.15) is 25.7 Å². The lowest BCUT2D eigenvalue weighted by atomic mass is 9.54. The average molecular weight is 166 g/mol. The molecule has 66 valence electrons. The van der Waals surface area contributed by atoms with Gasteiger partial charge in [-0.15, -0.1) is 0 Å². The zero-order chi connectivity index (χ0) is 8.29. The third-order valence-electron chi connectivity index (χ3n) is 4.09. The summed E-state index contributed by atoms with van der Waals surface area (Å²) in [5.41, 5.74) is 0. The second-order valence-electron chi connectivity index (χ2n) is 4.77. The molecule has 0 saturated heterocycles. The largest absolute Gasteiger partial charge is 0.392 e. The predicted molar refractivity (Wildman–Crippen MR) is 43.4 cm³/mol. The van der Waals surface area contributed by atoms with Crippen molar-refractivity contribution in [2.45, 2.75) is 31.8 Å². The summed E-state index contributed by atoms with van der Waals surface area (Å²) in [4.78, 5) is 11.6. The Morgan fingerprint density at radius 3 is 2.83 bits per heavy atom. The molecule has 4 bridgehead atoms. The average Bonchev–Trinajstić information content (AvgIpc) is 2.07. The first-order valence-corrected chi connectivity index (χ1v) is 4.97. The van der Waals surface area contributed by atoms with Gasteiger partial charge in [0.15, 0.2) is 0 Å². The van der Waals surface area contributed by atoms with Crippen molar-refractivity contribution in [1.29, 1.82) is 0 Å². The highest BCUT2D eigenvalue weighted by molar-refractivity contribution is 5.86. The minimum absolute atomic E-state index is 0.0289. The molecule has 4 rings (SSSR count). The fraction of sp³-hybridized carbons (Fsp3) is 0.900. The second-order valence-corrected chi connectivity index (χ2v) is 4.77. The van der Waals surface area contributed by atoms with Gasteiger partial charge in [-0.3, -0.25) is 4.79 Å². The van der Waals surface area contributed by atoms with E-state index in [2.05, 4.69) is 0 Å². The van der Waals surface area contributed by atoms with E-state index in [0.717, 1.165) is 25.2 Å². The Labute approximate surface area is 72.0 Å². The van der Waals surface area contributed by atoms with Crippen LogP contribution in [0.4, 0.5) is 0 Å². The molecule has 4 saturated carbocycles. The number of Topliss-reactive ketones (excluding diaryl/α,β-unsaturated/α-hetero) is 1. The van der Waals surface area contributed by atoms with Crippen LogP contribution in [-0.4, -0.2) is 17.0 Å². The molecular formula is C10H14O2. The van der Waals surface area contributed by atoms with E-state index in [4.69, 9.17) is 0 Å². The standard InChI is InChI=1S/C10H14O2/c11-9-6-1-5-2-7(4-6)10(12)8(9)3-5/h5-9,11H,1-4H2/t5?,6?,7?,8?,9-/m1/s1. The van der Waals surface area contributed by atoms with E-state index in [1.807, 2.05) is 0 Å². The quantitative estimate of drug-likeness (QED) is 0.582. The van der Waals surface area contributed by atoms with Crippen molar-refractivity contribution in [1.82, 2.24) is 0 Å². The summed E-state index contributed by atoms with van der Waals surface area (Å²) in [6.07, 6.45) is 3.98. The van der Waals surface area contributed by atoms with Gasteiger partial charge in [-0.2, -0.15) is 0 Å². The molecule has 5 atom stereocenters. The van der Waals surface area contributed by atoms with Crippen LogP contribution in [0.15, 0.2) is 0 Å². The molecule has 2 heteroatoms. The molecule has 0 aromatic heterocycles. The molecule has 0 heterocycles. The van der Waals surface area contributed by atoms with Crippen LogP contribution in [0.3, 0.4) is 0 Å². The first kappa shape index (κ1) is 7.07. The molecule has 0 aromatic carbocycles. The number of aliphatic hydroxyl groups excluding tert-OH is 1. The van der Waals surface area contributed by atoms with Crippen LogP contribution in [-0.2, 0) is 4.79 Å². The van der Waals surface area contributed by atoms with Crippen molar-refractivity contribution in [3.63, 3.8) is 0 Å². The van der Waals surface area contributed by atoms with Crippen LogP contribution in [0, 0.1) is 23.7 Å². The number of hydrogen-bond donors (Lipinski definition) is 1. The number of rotatable bonds is 0. The topological polar surface area (TPSA) is 37.3 Å². The molecule has 4 unspecified atom stereocenters. The minimum atomic E-state index is -0.287. The summed E-state index contributed by atoms with van der Waals surface area (Å²) in [7, 11) is 0. The Morgan fingerprint density at radius 2 is 2.00 bits per heavy atom. The second kappa shape index (κ2) is 2.11. The molecule has 0 amide bonds. The van der Waals surface area contributed by atoms with Gasteiger partial charge in [0.25, 0.3) is 0 Å². The van der Waals surface area contributed by atoms with Crippen LogP contribution < -0.4 is 0 Å². The minimum Gasteiger partial charge on any atom is -0.392 e. The lowest BCUT2D eigenvalue weighted by Gasteiger charge is -2.51. The molecule has 0 spiro atoms. The molecule has 4 aliphatic carbocycles. The number of carbonyl (C=O) groups excluding carboxylic acids is 1. The van der Waals surface area contributed by atoms with Gasteiger partial charge >= 0.3 is 0 Å². The summed E-state index contributed by atoms with van der Waals surface area (Å²) in [5.74, 6) is 1.96. The summed E-state index contributed by atoms with van der Waals surface area (Å²) in [5, 5.41) is 9.78. The SMILES string of the molecule is O=C1C2CC3CC(C2)[C@@H](O)C1C3. The van der Waals surface area contributed by atoms with Crippen molar-refractivity contribution < 1.29 is 9.90 Å². The predicted octanol–water partition coefficient (Wildman–Crippen LogP) is 0.982. The van der Waals surface area contributed by atoms with Crippen molar-refractivity contribution in [2.75, 3.05) is 0 Å². The lowest BCUT2D eigenvalue weighted by Crippen LogP contribution is -2.53. The number of carbonyl (C=O) groups is 1. The van der Waals surface area contributed by atoms with E-state index in [1.54, 1.807) is 0 Å². The normalized spacial score (nSPS) is 56.4. The van der Waals surface area contributed by atoms with E-state index in [1.165, 1.54) is 6.42 Å². The molecule has 0 aromatic rings. The van der Waals surface area contributed by atoms with E-state index < -0.39 is 0 Å². The monoisotopic (exact) mass is 166 g/mol. The Bertz CT molecular complexity index is 236. The highest BCUT2D eigenvalue weighted by Gasteiger charge is 2.52. The highest BCUT2D eigenvalue weighted by atomic mass is 16.3. The van der Waals surface area contributed by atoms with Gasteiger partial charge in [0.1, 0.15) is 5.78 Å². The number of ketones is 1. The molecule has 12 heavy (non-hydrogen) atoms. The highest BCUT2D eigenvalue weighted by Crippen LogP contribution is 2.51. The number of hydrogen-bond acceptors (Lipinski definition) is 2. The van der Waals surface area contributed by atoms with Gasteiger partial charge in [-0.25, -0.2) is 0 Å². The Balaban J connectivity index is 1.98. The third-order valence-corrected chi connectivity index (χ3v) is 4.09. The maximum absolute atomic E-state index is 11.6. The van der Waals surface area contributed by atoms with E-state index in [0.29, 0.717) is 17.6 Å². The zero-order valence-electron chi connectivity index (χ0n) is 7.07. The first-order chi connectivity index (χ1) is 5.75. The molecule has 4 aliphatic rings. The van der Waals surface area contributed by atoms with E-state index >= 15 is 0 Å². The van der Waals surface area contributed by atoms with Gasteiger partial charge in [0, 0.05) is 11.8 Å². The molecule has 4 fully saturated rings. The van der Waals surface area contributed by atoms with Crippen molar-refractivity contribution >= 4 is 5.78 Å². The molecular weight excluding hydrogens is 152 g/mol. The van der Waals surface area contributed by atoms with Crippen molar-refractivity contribution in [3.05, 3.63) is 0 Å². The van der Waals surface area contributed by atoms with E-state index in [-0.39, 0.29) is 12.0 Å². The summed E-state index contributed by atoms with van der Waals surface area (Å²) in [6, 6.07) is 0.